The molecule has 6 heteroatoms. The Hall–Kier alpha value is -2.70. The van der Waals surface area contributed by atoms with Gasteiger partial charge in [0.2, 0.25) is 5.91 Å². The summed E-state index contributed by atoms with van der Waals surface area (Å²) in [4.78, 5) is 20.2. The number of fused-ring (bicyclic) bond motifs is 1. The molecule has 1 saturated heterocycles. The van der Waals surface area contributed by atoms with Crippen molar-refractivity contribution in [3.05, 3.63) is 66.0 Å². The number of aliphatic hydroxyl groups excluding tert-OH is 1. The maximum absolute atomic E-state index is 13.5. The summed E-state index contributed by atoms with van der Waals surface area (Å²) in [6, 6.07) is 17.6. The zero-order valence-corrected chi connectivity index (χ0v) is 16.3. The fraction of sp³-hybridized carbons (Fsp3) is 0.391. The minimum absolute atomic E-state index is 0.0330. The van der Waals surface area contributed by atoms with E-state index >= 15 is 0 Å². The van der Waals surface area contributed by atoms with E-state index in [1.807, 2.05) is 59.5 Å². The van der Waals surface area contributed by atoms with Gasteiger partial charge in [-0.2, -0.15) is 0 Å². The molecule has 1 aliphatic carbocycles. The van der Waals surface area contributed by atoms with Gasteiger partial charge in [0, 0.05) is 12.5 Å². The molecular weight excluding hydrogens is 366 g/mol. The lowest BCUT2D eigenvalue weighted by Crippen LogP contribution is -2.50. The van der Waals surface area contributed by atoms with Gasteiger partial charge in [-0.15, -0.1) is 0 Å². The zero-order chi connectivity index (χ0) is 19.8. The molecule has 2 heterocycles. The van der Waals surface area contributed by atoms with E-state index in [9.17, 15) is 9.90 Å². The second-order valence-corrected chi connectivity index (χ2v) is 7.85. The van der Waals surface area contributed by atoms with E-state index in [-0.39, 0.29) is 25.1 Å². The number of para-hydroxylation sites is 2. The predicted molar refractivity (Wildman–Crippen MR) is 109 cm³/mol. The Morgan fingerprint density at radius 1 is 1.10 bits per heavy atom. The van der Waals surface area contributed by atoms with E-state index in [4.69, 9.17) is 9.72 Å². The van der Waals surface area contributed by atoms with Crippen molar-refractivity contribution in [2.24, 2.45) is 0 Å². The Kier molecular flexibility index (Phi) is 4.81. The third-order valence-corrected chi connectivity index (χ3v) is 5.91. The van der Waals surface area contributed by atoms with Crippen molar-refractivity contribution in [3.8, 4) is 0 Å². The maximum atomic E-state index is 13.5. The summed E-state index contributed by atoms with van der Waals surface area (Å²) in [5.74, 6) is 1.50. The standard InChI is InChI=1S/C23H25N3O3/c27-15-20-22(16-6-2-1-3-7-16)25(12-13-29-20)21(28)14-26-19-9-5-4-8-18(19)24-23(26)17-10-11-17/h1-9,17,20,22,27H,10-15H2/t20-,22-/m1/s1. The van der Waals surface area contributed by atoms with Gasteiger partial charge in [0.25, 0.3) is 0 Å². The number of carbonyl (C=O) groups is 1. The number of nitrogens with zero attached hydrogens (tertiary/aromatic N) is 3. The number of imidazole rings is 1. The van der Waals surface area contributed by atoms with Crippen LogP contribution < -0.4 is 0 Å². The van der Waals surface area contributed by atoms with E-state index in [0.717, 1.165) is 35.3 Å². The Balaban J connectivity index is 1.48. The van der Waals surface area contributed by atoms with Crippen LogP contribution in [0.25, 0.3) is 11.0 Å². The molecule has 1 aliphatic heterocycles. The fourth-order valence-electron chi connectivity index (χ4n) is 4.35. The van der Waals surface area contributed by atoms with Gasteiger partial charge in [-0.3, -0.25) is 4.79 Å². The summed E-state index contributed by atoms with van der Waals surface area (Å²) in [6.07, 6.45) is 1.85. The number of morpholine rings is 1. The molecule has 0 radical (unpaired) electrons. The number of rotatable bonds is 5. The van der Waals surface area contributed by atoms with Crippen molar-refractivity contribution in [2.45, 2.75) is 37.5 Å². The van der Waals surface area contributed by atoms with Crippen LogP contribution in [-0.4, -0.2) is 51.3 Å². The fourth-order valence-corrected chi connectivity index (χ4v) is 4.35. The average Bonchev–Trinajstić information content (AvgIpc) is 3.56. The van der Waals surface area contributed by atoms with Gasteiger partial charge in [-0.05, 0) is 30.5 Å². The first-order chi connectivity index (χ1) is 14.3. The third kappa shape index (κ3) is 3.43. The molecule has 2 fully saturated rings. The van der Waals surface area contributed by atoms with Gasteiger partial charge >= 0.3 is 0 Å². The molecule has 29 heavy (non-hydrogen) atoms. The molecule has 0 spiro atoms. The minimum atomic E-state index is -0.419. The molecule has 3 aromatic rings. The van der Waals surface area contributed by atoms with Crippen molar-refractivity contribution in [1.29, 1.82) is 0 Å². The highest BCUT2D eigenvalue weighted by Crippen LogP contribution is 2.41. The highest BCUT2D eigenvalue weighted by atomic mass is 16.5. The summed E-state index contributed by atoms with van der Waals surface area (Å²) in [6.45, 7) is 1.08. The van der Waals surface area contributed by atoms with Crippen molar-refractivity contribution in [3.63, 3.8) is 0 Å². The van der Waals surface area contributed by atoms with Crippen LogP contribution in [0.1, 0.15) is 36.2 Å². The maximum Gasteiger partial charge on any atom is 0.243 e. The van der Waals surface area contributed by atoms with Crippen LogP contribution >= 0.6 is 0 Å². The summed E-state index contributed by atoms with van der Waals surface area (Å²) in [5.41, 5.74) is 2.93. The number of aromatic nitrogens is 2. The van der Waals surface area contributed by atoms with E-state index in [0.29, 0.717) is 19.1 Å². The number of ether oxygens (including phenoxy) is 1. The smallest absolute Gasteiger partial charge is 0.243 e. The largest absolute Gasteiger partial charge is 0.394 e. The number of hydrogen-bond donors (Lipinski definition) is 1. The first-order valence-corrected chi connectivity index (χ1v) is 10.3. The molecule has 2 aliphatic rings. The lowest BCUT2D eigenvalue weighted by Gasteiger charge is -2.41. The molecule has 1 N–H and O–H groups in total. The first kappa shape index (κ1) is 18.3. The molecule has 0 bridgehead atoms. The third-order valence-electron chi connectivity index (χ3n) is 5.91. The van der Waals surface area contributed by atoms with Gasteiger partial charge in [-0.25, -0.2) is 4.98 Å². The molecule has 6 nitrogen and oxygen atoms in total. The van der Waals surface area contributed by atoms with E-state index in [1.165, 1.54) is 0 Å². The molecular formula is C23H25N3O3. The lowest BCUT2D eigenvalue weighted by atomic mass is 9.98. The zero-order valence-electron chi connectivity index (χ0n) is 16.3. The lowest BCUT2D eigenvalue weighted by molar-refractivity contribution is -0.150. The van der Waals surface area contributed by atoms with Crippen molar-refractivity contribution in [2.75, 3.05) is 19.8 Å². The Morgan fingerprint density at radius 3 is 2.62 bits per heavy atom. The quantitative estimate of drug-likeness (QED) is 0.726. The van der Waals surface area contributed by atoms with Crippen LogP contribution in [0.3, 0.4) is 0 Å². The average molecular weight is 391 g/mol. The molecule has 2 aromatic carbocycles. The summed E-state index contributed by atoms with van der Waals surface area (Å²) in [5, 5.41) is 9.87. The SMILES string of the molecule is O=C(Cn1c(C2CC2)nc2ccccc21)N1CCO[C@H](CO)[C@H]1c1ccccc1. The predicted octanol–water partition coefficient (Wildman–Crippen LogP) is 2.87. The van der Waals surface area contributed by atoms with Gasteiger partial charge in [0.05, 0.1) is 30.3 Å². The number of aliphatic hydroxyl groups is 1. The number of benzene rings is 2. The molecule has 1 amide bonds. The summed E-state index contributed by atoms with van der Waals surface area (Å²) in [7, 11) is 0. The van der Waals surface area contributed by atoms with Gasteiger partial charge in [0.1, 0.15) is 18.5 Å². The summed E-state index contributed by atoms with van der Waals surface area (Å²) >= 11 is 0. The van der Waals surface area contributed by atoms with E-state index < -0.39 is 6.10 Å². The van der Waals surface area contributed by atoms with E-state index in [1.54, 1.807) is 0 Å². The summed E-state index contributed by atoms with van der Waals surface area (Å²) < 4.78 is 7.87. The molecule has 1 saturated carbocycles. The van der Waals surface area contributed by atoms with Crippen LogP contribution in [0.15, 0.2) is 54.6 Å². The molecule has 5 rings (SSSR count). The van der Waals surface area contributed by atoms with Crippen molar-refractivity contribution < 1.29 is 14.6 Å². The van der Waals surface area contributed by atoms with E-state index in [2.05, 4.69) is 4.57 Å². The number of hydrogen-bond acceptors (Lipinski definition) is 4. The molecule has 150 valence electrons. The number of amides is 1. The Labute approximate surface area is 169 Å². The Morgan fingerprint density at radius 2 is 1.86 bits per heavy atom. The van der Waals surface area contributed by atoms with Crippen LogP contribution in [0.4, 0.5) is 0 Å². The van der Waals surface area contributed by atoms with Crippen LogP contribution in [-0.2, 0) is 16.1 Å². The van der Waals surface area contributed by atoms with Gasteiger partial charge in [0.15, 0.2) is 0 Å². The van der Waals surface area contributed by atoms with Crippen LogP contribution in [0.2, 0.25) is 0 Å². The monoisotopic (exact) mass is 391 g/mol. The van der Waals surface area contributed by atoms with Crippen molar-refractivity contribution in [1.82, 2.24) is 14.5 Å². The minimum Gasteiger partial charge on any atom is -0.394 e. The van der Waals surface area contributed by atoms with Crippen LogP contribution in [0, 0.1) is 0 Å². The highest BCUT2D eigenvalue weighted by molar-refractivity contribution is 5.81. The Bertz CT molecular complexity index is 1010. The van der Waals surface area contributed by atoms with Crippen molar-refractivity contribution >= 4 is 16.9 Å². The van der Waals surface area contributed by atoms with Gasteiger partial charge in [-0.1, -0.05) is 42.5 Å². The van der Waals surface area contributed by atoms with Crippen LogP contribution in [0.5, 0.6) is 0 Å². The first-order valence-electron chi connectivity index (χ1n) is 10.3. The number of carbonyl (C=O) groups excluding carboxylic acids is 1. The second-order valence-electron chi connectivity index (χ2n) is 7.85. The molecule has 0 unspecified atom stereocenters. The van der Waals surface area contributed by atoms with Gasteiger partial charge < -0.3 is 19.3 Å². The molecule has 2 atom stereocenters. The normalized spacial score (nSPS) is 22.2. The second kappa shape index (κ2) is 7.61. The highest BCUT2D eigenvalue weighted by Gasteiger charge is 2.37. The topological polar surface area (TPSA) is 67.6 Å². The molecule has 1 aromatic heterocycles.